The van der Waals surface area contributed by atoms with E-state index in [9.17, 15) is 9.59 Å². The Balaban J connectivity index is 1.63. The van der Waals surface area contributed by atoms with Crippen molar-refractivity contribution in [3.63, 3.8) is 0 Å². The number of aromatic nitrogens is 1. The number of hydrogen-bond donors (Lipinski definition) is 1. The van der Waals surface area contributed by atoms with Gasteiger partial charge in [0.1, 0.15) is 5.75 Å². The van der Waals surface area contributed by atoms with Crippen LogP contribution in [-0.4, -0.2) is 49.5 Å². The summed E-state index contributed by atoms with van der Waals surface area (Å²) in [4.78, 5) is 28.4. The molecule has 9 heteroatoms. The van der Waals surface area contributed by atoms with E-state index in [4.69, 9.17) is 19.9 Å². The van der Waals surface area contributed by atoms with E-state index in [1.807, 2.05) is 24.3 Å². The molecule has 0 aliphatic carbocycles. The van der Waals surface area contributed by atoms with Crippen LogP contribution in [0.5, 0.6) is 23.0 Å². The standard InChI is InChI=1S/C28H26FN3O5/c1-32(28(34)27(30)33)14-12-17-7-9-18(10-8-17)19-5-4-6-21(29)26(19)37-23-11-13-31-22-16-25(36-3)24(35-2)15-20(22)23/h4-11,13,15-16H,12,14H2,1-3H3,(H2,30,33). The number of pyridine rings is 1. The van der Waals surface area contributed by atoms with Crippen LogP contribution >= 0.6 is 0 Å². The number of likely N-dealkylation sites (N-methyl/N-ethyl adjacent to an activating group) is 1. The van der Waals surface area contributed by atoms with Crippen molar-refractivity contribution in [3.05, 3.63) is 78.2 Å². The summed E-state index contributed by atoms with van der Waals surface area (Å²) in [5, 5.41) is 0.638. The summed E-state index contributed by atoms with van der Waals surface area (Å²) in [6.07, 6.45) is 2.11. The maximum atomic E-state index is 15.1. The molecule has 190 valence electrons. The minimum atomic E-state index is -0.990. The van der Waals surface area contributed by atoms with Gasteiger partial charge in [-0.05, 0) is 35.7 Å². The zero-order chi connectivity index (χ0) is 26.5. The number of nitrogens with two attached hydrogens (primary N) is 1. The van der Waals surface area contributed by atoms with E-state index in [0.717, 1.165) is 11.1 Å². The molecular formula is C28H26FN3O5. The molecule has 0 aliphatic rings. The summed E-state index contributed by atoms with van der Waals surface area (Å²) in [7, 11) is 4.60. The molecule has 0 spiro atoms. The van der Waals surface area contributed by atoms with E-state index in [1.54, 1.807) is 43.6 Å². The first-order valence-electron chi connectivity index (χ1n) is 11.4. The normalized spacial score (nSPS) is 10.7. The lowest BCUT2D eigenvalue weighted by Gasteiger charge is -2.16. The Morgan fingerprint density at radius 1 is 0.973 bits per heavy atom. The first-order chi connectivity index (χ1) is 17.8. The van der Waals surface area contributed by atoms with Crippen LogP contribution in [0.15, 0.2) is 66.9 Å². The molecule has 2 N–H and O–H groups in total. The summed E-state index contributed by atoms with van der Waals surface area (Å²) in [5.74, 6) is -0.732. The van der Waals surface area contributed by atoms with Crippen molar-refractivity contribution in [2.45, 2.75) is 6.42 Å². The van der Waals surface area contributed by atoms with Crippen LogP contribution in [0.1, 0.15) is 5.56 Å². The second-order valence-corrected chi connectivity index (χ2v) is 8.29. The topological polar surface area (TPSA) is 104 Å². The summed E-state index contributed by atoms with van der Waals surface area (Å²) in [5.41, 5.74) is 7.90. The van der Waals surface area contributed by atoms with E-state index < -0.39 is 17.6 Å². The molecule has 3 aromatic carbocycles. The van der Waals surface area contributed by atoms with Gasteiger partial charge in [-0.2, -0.15) is 0 Å². The van der Waals surface area contributed by atoms with Crippen molar-refractivity contribution >= 4 is 22.7 Å². The first kappa shape index (κ1) is 25.4. The fraction of sp³-hybridized carbons (Fsp3) is 0.179. The van der Waals surface area contributed by atoms with Gasteiger partial charge in [0, 0.05) is 36.8 Å². The number of methoxy groups -OCH3 is 2. The third-order valence-electron chi connectivity index (χ3n) is 5.94. The van der Waals surface area contributed by atoms with Crippen LogP contribution in [0.3, 0.4) is 0 Å². The molecule has 0 radical (unpaired) electrons. The molecule has 0 saturated heterocycles. The molecule has 4 rings (SSSR count). The smallest absolute Gasteiger partial charge is 0.311 e. The van der Waals surface area contributed by atoms with E-state index in [1.165, 1.54) is 25.1 Å². The van der Waals surface area contributed by atoms with Crippen molar-refractivity contribution in [2.75, 3.05) is 27.8 Å². The molecule has 0 bridgehead atoms. The molecule has 8 nitrogen and oxygen atoms in total. The second-order valence-electron chi connectivity index (χ2n) is 8.29. The zero-order valence-corrected chi connectivity index (χ0v) is 20.7. The Kier molecular flexibility index (Phi) is 7.52. The van der Waals surface area contributed by atoms with E-state index in [-0.39, 0.29) is 5.75 Å². The molecule has 37 heavy (non-hydrogen) atoms. The molecule has 4 aromatic rings. The van der Waals surface area contributed by atoms with Gasteiger partial charge in [0.15, 0.2) is 23.1 Å². The highest BCUT2D eigenvalue weighted by atomic mass is 19.1. The average molecular weight is 504 g/mol. The van der Waals surface area contributed by atoms with Gasteiger partial charge in [-0.15, -0.1) is 0 Å². The molecule has 0 fully saturated rings. The number of para-hydroxylation sites is 1. The van der Waals surface area contributed by atoms with Gasteiger partial charge in [0.25, 0.3) is 0 Å². The number of fused-ring (bicyclic) bond motifs is 1. The maximum absolute atomic E-state index is 15.1. The van der Waals surface area contributed by atoms with Crippen LogP contribution in [0, 0.1) is 5.82 Å². The fourth-order valence-corrected chi connectivity index (χ4v) is 3.92. The van der Waals surface area contributed by atoms with Crippen molar-refractivity contribution in [2.24, 2.45) is 5.73 Å². The number of benzene rings is 3. The minimum absolute atomic E-state index is 0.0734. The SMILES string of the molecule is COc1cc2nccc(Oc3c(F)cccc3-c3ccc(CCN(C)C(=O)C(N)=O)cc3)c2cc1OC. The highest BCUT2D eigenvalue weighted by molar-refractivity contribution is 6.34. The molecule has 0 unspecified atom stereocenters. The highest BCUT2D eigenvalue weighted by Crippen LogP contribution is 2.40. The quantitative estimate of drug-likeness (QED) is 0.359. The Bertz CT molecular complexity index is 1460. The predicted molar refractivity (Wildman–Crippen MR) is 137 cm³/mol. The molecular weight excluding hydrogens is 477 g/mol. The Hall–Kier alpha value is -4.66. The molecule has 2 amide bonds. The summed E-state index contributed by atoms with van der Waals surface area (Å²) >= 11 is 0. The minimum Gasteiger partial charge on any atom is -0.493 e. The number of rotatable bonds is 8. The van der Waals surface area contributed by atoms with Crippen molar-refractivity contribution in [1.82, 2.24) is 9.88 Å². The molecule has 0 aliphatic heterocycles. The van der Waals surface area contributed by atoms with Crippen LogP contribution in [0.25, 0.3) is 22.0 Å². The van der Waals surface area contributed by atoms with Crippen molar-refractivity contribution < 1.29 is 28.2 Å². The lowest BCUT2D eigenvalue weighted by molar-refractivity contribution is -0.143. The van der Waals surface area contributed by atoms with Crippen molar-refractivity contribution in [3.8, 4) is 34.1 Å². The van der Waals surface area contributed by atoms with Gasteiger partial charge < -0.3 is 24.8 Å². The number of hydrogen-bond acceptors (Lipinski definition) is 6. The third-order valence-corrected chi connectivity index (χ3v) is 5.94. The largest absolute Gasteiger partial charge is 0.493 e. The summed E-state index contributed by atoms with van der Waals surface area (Å²) in [6, 6.07) is 17.3. The predicted octanol–water partition coefficient (Wildman–Crippen LogP) is 4.34. The highest BCUT2D eigenvalue weighted by Gasteiger charge is 2.17. The lowest BCUT2D eigenvalue weighted by Crippen LogP contribution is -2.38. The Morgan fingerprint density at radius 2 is 1.68 bits per heavy atom. The zero-order valence-electron chi connectivity index (χ0n) is 20.7. The van der Waals surface area contributed by atoms with Gasteiger partial charge >= 0.3 is 11.8 Å². The Labute approximate surface area is 213 Å². The van der Waals surface area contributed by atoms with Gasteiger partial charge in [0.05, 0.1) is 19.7 Å². The van der Waals surface area contributed by atoms with Crippen LogP contribution < -0.4 is 19.9 Å². The van der Waals surface area contributed by atoms with Gasteiger partial charge in [0.2, 0.25) is 0 Å². The van der Waals surface area contributed by atoms with Crippen molar-refractivity contribution in [1.29, 1.82) is 0 Å². The van der Waals surface area contributed by atoms with E-state index in [0.29, 0.717) is 46.7 Å². The van der Waals surface area contributed by atoms with Gasteiger partial charge in [-0.1, -0.05) is 36.4 Å². The first-order valence-corrected chi connectivity index (χ1v) is 11.4. The van der Waals surface area contributed by atoms with Crippen LogP contribution in [0.4, 0.5) is 4.39 Å². The van der Waals surface area contributed by atoms with Crippen LogP contribution in [0.2, 0.25) is 0 Å². The van der Waals surface area contributed by atoms with E-state index >= 15 is 4.39 Å². The van der Waals surface area contributed by atoms with Crippen LogP contribution in [-0.2, 0) is 16.0 Å². The number of halogens is 1. The molecule has 1 aromatic heterocycles. The number of nitrogens with zero attached hydrogens (tertiary/aromatic N) is 2. The summed E-state index contributed by atoms with van der Waals surface area (Å²) < 4.78 is 32.0. The van der Waals surface area contributed by atoms with Gasteiger partial charge in [-0.25, -0.2) is 4.39 Å². The molecule has 0 saturated carbocycles. The number of ether oxygens (including phenoxy) is 3. The average Bonchev–Trinajstić information content (AvgIpc) is 2.91. The lowest BCUT2D eigenvalue weighted by atomic mass is 10.0. The fourth-order valence-electron chi connectivity index (χ4n) is 3.92. The van der Waals surface area contributed by atoms with E-state index in [2.05, 4.69) is 4.98 Å². The number of carbonyl (C=O) groups is 2. The molecule has 0 atom stereocenters. The maximum Gasteiger partial charge on any atom is 0.311 e. The Morgan fingerprint density at radius 3 is 2.35 bits per heavy atom. The summed E-state index contributed by atoms with van der Waals surface area (Å²) in [6.45, 7) is 0.332. The number of carbonyl (C=O) groups excluding carboxylic acids is 2. The monoisotopic (exact) mass is 503 g/mol. The molecule has 1 heterocycles. The third kappa shape index (κ3) is 5.45. The second kappa shape index (κ2) is 10.9. The number of primary amides is 1. The van der Waals surface area contributed by atoms with Gasteiger partial charge in [-0.3, -0.25) is 14.6 Å². The number of amides is 2.